The van der Waals surface area contributed by atoms with E-state index in [1.54, 1.807) is 13.0 Å². The van der Waals surface area contributed by atoms with E-state index >= 15 is 0 Å². The molecule has 1 heterocycles. The van der Waals surface area contributed by atoms with Gasteiger partial charge in [0.25, 0.3) is 0 Å². The lowest BCUT2D eigenvalue weighted by atomic mass is 9.95. The molecular formula is C24H30N2O4S2. The Balaban J connectivity index is 1.96. The molecule has 6 nitrogen and oxygen atoms in total. The summed E-state index contributed by atoms with van der Waals surface area (Å²) >= 11 is 1.16. The summed E-state index contributed by atoms with van der Waals surface area (Å²) in [6, 6.07) is 12.9. The van der Waals surface area contributed by atoms with Gasteiger partial charge in [0.1, 0.15) is 6.10 Å². The number of nitrogens with zero attached hydrogens (tertiary/aromatic N) is 1. The second-order valence-corrected chi connectivity index (χ2v) is 11.3. The van der Waals surface area contributed by atoms with Crippen molar-refractivity contribution in [3.8, 4) is 0 Å². The SMILES string of the molecule is CCCCCC(OC(C)=O)c1cccc(C(N)c2cccc3nc(S(=O)(=O)CC)sc23)c1. The lowest BCUT2D eigenvalue weighted by Gasteiger charge is -2.20. The van der Waals surface area contributed by atoms with E-state index in [4.69, 9.17) is 10.5 Å². The minimum Gasteiger partial charge on any atom is -0.458 e. The highest BCUT2D eigenvalue weighted by Gasteiger charge is 2.22. The smallest absolute Gasteiger partial charge is 0.303 e. The number of sulfone groups is 1. The van der Waals surface area contributed by atoms with Gasteiger partial charge in [0, 0.05) is 6.92 Å². The Labute approximate surface area is 193 Å². The van der Waals surface area contributed by atoms with E-state index in [9.17, 15) is 13.2 Å². The highest BCUT2D eigenvalue weighted by molar-refractivity contribution is 7.93. The molecule has 3 aromatic rings. The lowest BCUT2D eigenvalue weighted by Crippen LogP contribution is -2.14. The molecular weight excluding hydrogens is 444 g/mol. The standard InChI is InChI=1S/C24H30N2O4S2/c1-4-6-7-14-21(30-16(3)27)17-10-8-11-18(15-17)22(25)19-12-9-13-20-23(19)31-24(26-20)32(28,29)5-2/h8-13,15,21-22H,4-7,14,25H2,1-3H3. The molecule has 0 spiro atoms. The zero-order chi connectivity index (χ0) is 23.3. The molecule has 2 unspecified atom stereocenters. The predicted molar refractivity (Wildman–Crippen MR) is 128 cm³/mol. The molecule has 2 N–H and O–H groups in total. The van der Waals surface area contributed by atoms with Crippen molar-refractivity contribution in [2.75, 3.05) is 5.75 Å². The molecule has 0 fully saturated rings. The zero-order valence-corrected chi connectivity index (χ0v) is 20.3. The Bertz CT molecular complexity index is 1190. The Morgan fingerprint density at radius 2 is 1.84 bits per heavy atom. The number of carbonyl (C=O) groups is 1. The monoisotopic (exact) mass is 474 g/mol. The zero-order valence-electron chi connectivity index (χ0n) is 18.7. The molecule has 3 rings (SSSR count). The number of nitrogens with two attached hydrogens (primary N) is 1. The highest BCUT2D eigenvalue weighted by Crippen LogP contribution is 2.35. The molecule has 2 atom stereocenters. The second kappa shape index (κ2) is 10.6. The number of aromatic nitrogens is 1. The number of fused-ring (bicyclic) bond motifs is 1. The van der Waals surface area contributed by atoms with Crippen LogP contribution in [0.1, 0.15) is 75.3 Å². The van der Waals surface area contributed by atoms with Gasteiger partial charge in [-0.15, -0.1) is 11.3 Å². The van der Waals surface area contributed by atoms with Gasteiger partial charge in [-0.05, 0) is 35.6 Å². The van der Waals surface area contributed by atoms with Crippen LogP contribution in [-0.4, -0.2) is 25.1 Å². The van der Waals surface area contributed by atoms with Gasteiger partial charge in [0.05, 0.1) is 22.0 Å². The minimum atomic E-state index is -3.39. The third kappa shape index (κ3) is 5.54. The molecule has 0 saturated carbocycles. The summed E-state index contributed by atoms with van der Waals surface area (Å²) in [7, 11) is -3.39. The topological polar surface area (TPSA) is 99.3 Å². The molecule has 32 heavy (non-hydrogen) atoms. The molecule has 0 aliphatic heterocycles. The number of ether oxygens (including phenoxy) is 1. The van der Waals surface area contributed by atoms with Gasteiger partial charge in [0.2, 0.25) is 14.2 Å². The van der Waals surface area contributed by atoms with E-state index in [-0.39, 0.29) is 22.2 Å². The fourth-order valence-corrected chi connectivity index (χ4v) is 6.10. The van der Waals surface area contributed by atoms with E-state index in [0.29, 0.717) is 5.52 Å². The van der Waals surface area contributed by atoms with Crippen LogP contribution in [-0.2, 0) is 19.4 Å². The van der Waals surface area contributed by atoms with Crippen molar-refractivity contribution in [1.29, 1.82) is 0 Å². The van der Waals surface area contributed by atoms with E-state index in [0.717, 1.165) is 58.4 Å². The average Bonchev–Trinajstić information content (AvgIpc) is 3.23. The van der Waals surface area contributed by atoms with Crippen molar-refractivity contribution in [2.24, 2.45) is 5.73 Å². The van der Waals surface area contributed by atoms with Gasteiger partial charge in [-0.3, -0.25) is 4.79 Å². The van der Waals surface area contributed by atoms with Crippen molar-refractivity contribution in [2.45, 2.75) is 62.9 Å². The van der Waals surface area contributed by atoms with Gasteiger partial charge in [-0.25, -0.2) is 13.4 Å². The maximum Gasteiger partial charge on any atom is 0.303 e. The molecule has 2 aromatic carbocycles. The molecule has 8 heteroatoms. The Morgan fingerprint density at radius 1 is 1.12 bits per heavy atom. The normalized spacial score (nSPS) is 13.8. The first-order valence-electron chi connectivity index (χ1n) is 10.9. The van der Waals surface area contributed by atoms with Crippen LogP contribution in [0.4, 0.5) is 0 Å². The molecule has 172 valence electrons. The molecule has 0 bridgehead atoms. The number of thiazole rings is 1. The summed E-state index contributed by atoms with van der Waals surface area (Å²) in [5.74, 6) is -0.300. The molecule has 1 aromatic heterocycles. The largest absolute Gasteiger partial charge is 0.458 e. The van der Waals surface area contributed by atoms with Crippen molar-refractivity contribution in [1.82, 2.24) is 4.98 Å². The summed E-state index contributed by atoms with van der Waals surface area (Å²) in [4.78, 5) is 16.0. The van der Waals surface area contributed by atoms with Crippen molar-refractivity contribution >= 4 is 37.4 Å². The van der Waals surface area contributed by atoms with E-state index in [1.807, 2.05) is 36.4 Å². The summed E-state index contributed by atoms with van der Waals surface area (Å²) in [5, 5.41) is 0. The van der Waals surface area contributed by atoms with Gasteiger partial charge in [-0.2, -0.15) is 0 Å². The third-order valence-corrected chi connectivity index (χ3v) is 8.74. The Kier molecular flexibility index (Phi) is 8.03. The summed E-state index contributed by atoms with van der Waals surface area (Å²) in [6.45, 7) is 5.17. The van der Waals surface area contributed by atoms with Crippen LogP contribution in [0.15, 0.2) is 46.8 Å². The van der Waals surface area contributed by atoms with Gasteiger partial charge in [0.15, 0.2) is 0 Å². The average molecular weight is 475 g/mol. The third-order valence-electron chi connectivity index (χ3n) is 5.43. The predicted octanol–water partition coefficient (Wildman–Crippen LogP) is 5.32. The van der Waals surface area contributed by atoms with E-state index in [2.05, 4.69) is 11.9 Å². The van der Waals surface area contributed by atoms with Crippen LogP contribution >= 0.6 is 11.3 Å². The van der Waals surface area contributed by atoms with Gasteiger partial charge in [-0.1, -0.05) is 63.1 Å². The fraction of sp³-hybridized carbons (Fsp3) is 0.417. The first kappa shape index (κ1) is 24.4. The second-order valence-electron chi connectivity index (χ2n) is 7.82. The number of unbranched alkanes of at least 4 members (excludes halogenated alkanes) is 2. The quantitative estimate of drug-likeness (QED) is 0.315. The Hall–Kier alpha value is -2.29. The van der Waals surface area contributed by atoms with Crippen LogP contribution in [0.5, 0.6) is 0 Å². The number of rotatable bonds is 10. The maximum atomic E-state index is 12.3. The molecule has 0 saturated heterocycles. The summed E-state index contributed by atoms with van der Waals surface area (Å²) < 4.78 is 31.1. The fourth-order valence-electron chi connectivity index (χ4n) is 3.66. The van der Waals surface area contributed by atoms with E-state index in [1.165, 1.54) is 6.92 Å². The van der Waals surface area contributed by atoms with Crippen molar-refractivity contribution in [3.05, 3.63) is 59.2 Å². The van der Waals surface area contributed by atoms with Crippen LogP contribution < -0.4 is 5.73 Å². The minimum absolute atomic E-state index is 0.00578. The summed E-state index contributed by atoms with van der Waals surface area (Å²) in [6.07, 6.45) is 3.58. The van der Waals surface area contributed by atoms with Crippen molar-refractivity contribution < 1.29 is 17.9 Å². The number of hydrogen-bond acceptors (Lipinski definition) is 7. The van der Waals surface area contributed by atoms with E-state index < -0.39 is 15.9 Å². The lowest BCUT2D eigenvalue weighted by molar-refractivity contribution is -0.147. The molecule has 0 aliphatic rings. The van der Waals surface area contributed by atoms with Crippen LogP contribution in [0.3, 0.4) is 0 Å². The summed E-state index contributed by atoms with van der Waals surface area (Å²) in [5.41, 5.74) is 9.88. The van der Waals surface area contributed by atoms with Crippen molar-refractivity contribution in [3.63, 3.8) is 0 Å². The van der Waals surface area contributed by atoms with Crippen LogP contribution in [0, 0.1) is 0 Å². The molecule has 0 radical (unpaired) electrons. The van der Waals surface area contributed by atoms with Crippen LogP contribution in [0.2, 0.25) is 0 Å². The number of esters is 1. The first-order chi connectivity index (χ1) is 15.3. The number of carbonyl (C=O) groups excluding carboxylic acids is 1. The maximum absolute atomic E-state index is 12.3. The highest BCUT2D eigenvalue weighted by atomic mass is 32.2. The van der Waals surface area contributed by atoms with Gasteiger partial charge < -0.3 is 10.5 Å². The first-order valence-corrected chi connectivity index (χ1v) is 13.4. The van der Waals surface area contributed by atoms with Crippen LogP contribution in [0.25, 0.3) is 10.2 Å². The molecule has 0 aliphatic carbocycles. The number of hydrogen-bond donors (Lipinski definition) is 1. The van der Waals surface area contributed by atoms with Gasteiger partial charge >= 0.3 is 5.97 Å². The number of benzene rings is 2. The molecule has 0 amide bonds. The Morgan fingerprint density at radius 3 is 2.53 bits per heavy atom.